The Morgan fingerprint density at radius 1 is 1.11 bits per heavy atom. The Kier molecular flexibility index (Phi) is 16.2. The van der Waals surface area contributed by atoms with Gasteiger partial charge in [-0.2, -0.15) is 0 Å². The van der Waals surface area contributed by atoms with Crippen LogP contribution in [0.25, 0.3) is 0 Å². The SMILES string of the molecule is CCCCOP(=O)([O-])OCCCC.C[NH+](C)CCO. The molecule has 0 radical (unpaired) electrons. The first-order chi connectivity index (χ1) is 8.89. The second kappa shape index (κ2) is 14.4. The zero-order chi connectivity index (χ0) is 15.1. The van der Waals surface area contributed by atoms with Crippen molar-refractivity contribution < 1.29 is 28.5 Å². The van der Waals surface area contributed by atoms with Crippen LogP contribution in [-0.4, -0.2) is 45.6 Å². The molecule has 0 amide bonds. The summed E-state index contributed by atoms with van der Waals surface area (Å²) in [6, 6.07) is 0. The smallest absolute Gasteiger partial charge is 0.267 e. The molecule has 118 valence electrons. The summed E-state index contributed by atoms with van der Waals surface area (Å²) in [7, 11) is 0.0183. The number of quaternary nitrogens is 1. The van der Waals surface area contributed by atoms with Gasteiger partial charge in [0.2, 0.25) is 0 Å². The Bertz CT molecular complexity index is 212. The Labute approximate surface area is 117 Å². The molecule has 0 aromatic heterocycles. The minimum Gasteiger partial charge on any atom is -0.756 e. The van der Waals surface area contributed by atoms with Crippen molar-refractivity contribution in [3.05, 3.63) is 0 Å². The molecule has 0 aromatic rings. The summed E-state index contributed by atoms with van der Waals surface area (Å²) in [5, 5.41) is 8.22. The van der Waals surface area contributed by atoms with Gasteiger partial charge in [0.05, 0.1) is 33.9 Å². The van der Waals surface area contributed by atoms with Crippen LogP contribution in [0, 0.1) is 0 Å². The average molecular weight is 299 g/mol. The fraction of sp³-hybridized carbons (Fsp3) is 1.00. The molecular formula is C12H30NO5P. The first kappa shape index (κ1) is 21.3. The molecule has 0 rings (SSSR count). The third-order valence-corrected chi connectivity index (χ3v) is 3.10. The van der Waals surface area contributed by atoms with Crippen LogP contribution in [0.15, 0.2) is 0 Å². The van der Waals surface area contributed by atoms with Crippen LogP contribution < -0.4 is 9.79 Å². The maximum Gasteiger partial charge on any atom is 0.267 e. The summed E-state index contributed by atoms with van der Waals surface area (Å²) in [4.78, 5) is 12.3. The van der Waals surface area contributed by atoms with Gasteiger partial charge < -0.3 is 23.9 Å². The maximum atomic E-state index is 11.0. The molecule has 0 aromatic carbocycles. The number of hydrogen-bond acceptors (Lipinski definition) is 5. The first-order valence-electron chi connectivity index (χ1n) is 6.89. The average Bonchev–Trinajstić information content (AvgIpc) is 2.30. The van der Waals surface area contributed by atoms with Gasteiger partial charge in [-0.05, 0) is 12.8 Å². The largest absolute Gasteiger partial charge is 0.756 e. The van der Waals surface area contributed by atoms with Crippen LogP contribution in [0.5, 0.6) is 0 Å². The molecule has 0 atom stereocenters. The zero-order valence-corrected chi connectivity index (χ0v) is 13.6. The van der Waals surface area contributed by atoms with Crippen LogP contribution in [-0.2, 0) is 13.6 Å². The third-order valence-electron chi connectivity index (χ3n) is 2.11. The molecule has 19 heavy (non-hydrogen) atoms. The first-order valence-corrected chi connectivity index (χ1v) is 8.35. The van der Waals surface area contributed by atoms with Gasteiger partial charge in [0.1, 0.15) is 6.54 Å². The predicted molar refractivity (Wildman–Crippen MR) is 74.1 cm³/mol. The van der Waals surface area contributed by atoms with E-state index in [0.717, 1.165) is 32.2 Å². The fourth-order valence-electron chi connectivity index (χ4n) is 0.902. The van der Waals surface area contributed by atoms with Gasteiger partial charge >= 0.3 is 0 Å². The lowest BCUT2D eigenvalue weighted by Gasteiger charge is -2.22. The number of nitrogens with one attached hydrogen (secondary N) is 1. The van der Waals surface area contributed by atoms with E-state index in [0.29, 0.717) is 6.61 Å². The normalized spacial score (nSPS) is 11.3. The van der Waals surface area contributed by atoms with Crippen molar-refractivity contribution in [3.8, 4) is 0 Å². The zero-order valence-electron chi connectivity index (χ0n) is 12.7. The molecule has 0 unspecified atom stereocenters. The Balaban J connectivity index is 0. The minimum absolute atomic E-state index is 0.226. The van der Waals surface area contributed by atoms with Crippen LogP contribution >= 0.6 is 7.82 Å². The van der Waals surface area contributed by atoms with Crippen LogP contribution in [0.4, 0.5) is 0 Å². The summed E-state index contributed by atoms with van der Waals surface area (Å²) in [5.74, 6) is 0. The van der Waals surface area contributed by atoms with Crippen molar-refractivity contribution in [2.45, 2.75) is 39.5 Å². The van der Waals surface area contributed by atoms with Gasteiger partial charge in [-0.3, -0.25) is 4.57 Å². The lowest BCUT2D eigenvalue weighted by molar-refractivity contribution is -0.858. The number of hydrogen-bond donors (Lipinski definition) is 2. The monoisotopic (exact) mass is 299 g/mol. The van der Waals surface area contributed by atoms with E-state index in [1.807, 2.05) is 27.9 Å². The van der Waals surface area contributed by atoms with E-state index in [2.05, 4.69) is 9.05 Å². The lowest BCUT2D eigenvalue weighted by atomic mass is 10.4. The van der Waals surface area contributed by atoms with Crippen molar-refractivity contribution in [3.63, 3.8) is 0 Å². The van der Waals surface area contributed by atoms with Crippen molar-refractivity contribution in [2.24, 2.45) is 0 Å². The van der Waals surface area contributed by atoms with Crippen molar-refractivity contribution in [1.82, 2.24) is 0 Å². The summed E-state index contributed by atoms with van der Waals surface area (Å²) in [5.41, 5.74) is 0. The molecule has 0 bridgehead atoms. The van der Waals surface area contributed by atoms with E-state index in [1.165, 1.54) is 4.90 Å². The number of phosphoric ester groups is 1. The van der Waals surface area contributed by atoms with E-state index in [-0.39, 0.29) is 13.2 Å². The van der Waals surface area contributed by atoms with Crippen LogP contribution in [0.2, 0.25) is 0 Å². The number of aliphatic hydroxyl groups excluding tert-OH is 1. The maximum absolute atomic E-state index is 11.0. The number of rotatable bonds is 10. The summed E-state index contributed by atoms with van der Waals surface area (Å²) >= 11 is 0. The van der Waals surface area contributed by atoms with E-state index < -0.39 is 7.82 Å². The van der Waals surface area contributed by atoms with Crippen LogP contribution in [0.1, 0.15) is 39.5 Å². The number of likely N-dealkylation sites (N-methyl/N-ethyl adjacent to an activating group) is 1. The Morgan fingerprint density at radius 3 is 1.74 bits per heavy atom. The van der Waals surface area contributed by atoms with Crippen molar-refractivity contribution in [1.29, 1.82) is 0 Å². The topological polar surface area (TPSA) is 83.3 Å². The molecule has 0 fully saturated rings. The summed E-state index contributed by atoms with van der Waals surface area (Å²) in [6.45, 7) is 5.53. The second-order valence-corrected chi connectivity index (χ2v) is 5.91. The summed E-state index contributed by atoms with van der Waals surface area (Å²) in [6.07, 6.45) is 3.30. The van der Waals surface area contributed by atoms with Gasteiger partial charge in [0.25, 0.3) is 7.82 Å². The molecule has 7 heteroatoms. The highest BCUT2D eigenvalue weighted by atomic mass is 31.2. The molecule has 0 saturated carbocycles. The number of aliphatic hydroxyl groups is 1. The predicted octanol–water partition coefficient (Wildman–Crippen LogP) is 0.211. The minimum atomic E-state index is -4.00. The number of phosphoric acid groups is 1. The highest BCUT2D eigenvalue weighted by Gasteiger charge is 2.07. The van der Waals surface area contributed by atoms with Crippen molar-refractivity contribution in [2.75, 3.05) is 40.5 Å². The van der Waals surface area contributed by atoms with Gasteiger partial charge in [0.15, 0.2) is 0 Å². The fourth-order valence-corrected chi connectivity index (χ4v) is 1.68. The number of unbranched alkanes of at least 4 members (excludes halogenated alkanes) is 2. The molecule has 0 saturated heterocycles. The standard InChI is InChI=1S/C8H19O4P.C4H11NO/c1-3-5-7-11-13(9,10)12-8-6-4-2;1-5(2)3-4-6/h3-8H2,1-2H3,(H,9,10);6H,3-4H2,1-2H3. The molecule has 0 spiro atoms. The Morgan fingerprint density at radius 2 is 1.53 bits per heavy atom. The Hall–Kier alpha value is 0.0300. The van der Waals surface area contributed by atoms with E-state index in [4.69, 9.17) is 5.11 Å². The van der Waals surface area contributed by atoms with E-state index in [1.54, 1.807) is 0 Å². The second-order valence-electron chi connectivity index (χ2n) is 4.50. The highest BCUT2D eigenvalue weighted by Crippen LogP contribution is 2.38. The molecule has 0 aliphatic carbocycles. The van der Waals surface area contributed by atoms with Crippen molar-refractivity contribution >= 4 is 7.82 Å². The van der Waals surface area contributed by atoms with Crippen LogP contribution in [0.3, 0.4) is 0 Å². The van der Waals surface area contributed by atoms with E-state index >= 15 is 0 Å². The van der Waals surface area contributed by atoms with E-state index in [9.17, 15) is 9.46 Å². The molecule has 0 aliphatic heterocycles. The van der Waals surface area contributed by atoms with Gasteiger partial charge in [-0.15, -0.1) is 0 Å². The summed E-state index contributed by atoms with van der Waals surface area (Å²) < 4.78 is 20.2. The molecule has 2 N–H and O–H groups in total. The highest BCUT2D eigenvalue weighted by molar-refractivity contribution is 7.45. The van der Waals surface area contributed by atoms with Gasteiger partial charge in [-0.25, -0.2) is 0 Å². The quantitative estimate of drug-likeness (QED) is 0.445. The molecule has 0 aliphatic rings. The van der Waals surface area contributed by atoms with Gasteiger partial charge in [0, 0.05) is 0 Å². The van der Waals surface area contributed by atoms with Gasteiger partial charge in [-0.1, -0.05) is 26.7 Å². The molecule has 6 nitrogen and oxygen atoms in total. The lowest BCUT2D eigenvalue weighted by Crippen LogP contribution is -3.06. The molecular weight excluding hydrogens is 269 g/mol. The third kappa shape index (κ3) is 20.5. The molecule has 0 heterocycles.